The van der Waals surface area contributed by atoms with Crippen LogP contribution in [-0.4, -0.2) is 68.9 Å². The monoisotopic (exact) mass is 517 g/mol. The molecule has 2 atom stereocenters. The topological polar surface area (TPSA) is 143 Å². The summed E-state index contributed by atoms with van der Waals surface area (Å²) < 4.78 is 40.4. The molecule has 0 aromatic heterocycles. The zero-order valence-corrected chi connectivity index (χ0v) is 19.8. The molecule has 37 heavy (non-hydrogen) atoms. The molecular formula is C24H25F2N5O6. The molecule has 0 spiro atoms. The van der Waals surface area contributed by atoms with Gasteiger partial charge >= 0.3 is 12.2 Å². The number of nitrogens with zero attached hydrogens (tertiary/aromatic N) is 2. The maximum absolute atomic E-state index is 15.0. The Morgan fingerprint density at radius 2 is 1.35 bits per heavy atom. The van der Waals surface area contributed by atoms with E-state index in [1.54, 1.807) is 0 Å². The van der Waals surface area contributed by atoms with Crippen molar-refractivity contribution >= 4 is 35.4 Å². The van der Waals surface area contributed by atoms with Gasteiger partial charge in [0.1, 0.15) is 23.8 Å². The second-order valence-electron chi connectivity index (χ2n) is 8.51. The molecule has 0 radical (unpaired) electrons. The molecule has 2 aromatic rings. The van der Waals surface area contributed by atoms with Crippen LogP contribution >= 0.6 is 0 Å². The van der Waals surface area contributed by atoms with E-state index in [9.17, 15) is 19.2 Å². The van der Waals surface area contributed by atoms with Crippen LogP contribution in [0.2, 0.25) is 0 Å². The van der Waals surface area contributed by atoms with Crippen LogP contribution in [0, 0.1) is 11.6 Å². The van der Waals surface area contributed by atoms with E-state index < -0.39 is 41.9 Å². The number of nitrogens with one attached hydrogen (secondary N) is 2. The average Bonchev–Trinajstić information content (AvgIpc) is 3.43. The number of anilines is 2. The van der Waals surface area contributed by atoms with Gasteiger partial charge in [0.05, 0.1) is 44.1 Å². The van der Waals surface area contributed by atoms with Crippen LogP contribution in [0.1, 0.15) is 6.92 Å². The van der Waals surface area contributed by atoms with Gasteiger partial charge in [0.15, 0.2) is 0 Å². The van der Waals surface area contributed by atoms with Gasteiger partial charge in [0.2, 0.25) is 11.8 Å². The van der Waals surface area contributed by atoms with Crippen LogP contribution in [0.25, 0.3) is 11.1 Å². The first-order valence-corrected chi connectivity index (χ1v) is 11.4. The van der Waals surface area contributed by atoms with Gasteiger partial charge in [-0.1, -0.05) is 0 Å². The van der Waals surface area contributed by atoms with E-state index in [0.29, 0.717) is 0 Å². The Bertz CT molecular complexity index is 1240. The van der Waals surface area contributed by atoms with E-state index in [1.165, 1.54) is 41.0 Å². The number of rotatable bonds is 8. The van der Waals surface area contributed by atoms with E-state index >= 15 is 8.78 Å². The van der Waals surface area contributed by atoms with E-state index in [-0.39, 0.29) is 61.1 Å². The van der Waals surface area contributed by atoms with Crippen molar-refractivity contribution in [3.63, 3.8) is 0 Å². The Morgan fingerprint density at radius 3 is 1.76 bits per heavy atom. The number of hydrogen-bond donors (Lipinski definition) is 3. The van der Waals surface area contributed by atoms with Gasteiger partial charge in [-0.2, -0.15) is 0 Å². The van der Waals surface area contributed by atoms with Crippen LogP contribution in [0.5, 0.6) is 0 Å². The number of cyclic esters (lactones) is 2. The van der Waals surface area contributed by atoms with Gasteiger partial charge in [0.25, 0.3) is 0 Å². The highest BCUT2D eigenvalue weighted by Crippen LogP contribution is 2.33. The Labute approximate surface area is 210 Å². The van der Waals surface area contributed by atoms with Crippen molar-refractivity contribution in [2.75, 3.05) is 42.5 Å². The molecule has 2 saturated heterocycles. The van der Waals surface area contributed by atoms with Gasteiger partial charge in [-0.15, -0.1) is 0 Å². The van der Waals surface area contributed by atoms with Crippen molar-refractivity contribution in [1.82, 2.24) is 10.6 Å². The fourth-order valence-corrected chi connectivity index (χ4v) is 4.02. The minimum absolute atomic E-state index is 0.0402. The molecule has 4 N–H and O–H groups in total. The molecule has 2 heterocycles. The molecule has 13 heteroatoms. The third-order valence-corrected chi connectivity index (χ3v) is 5.86. The third-order valence-electron chi connectivity index (χ3n) is 5.86. The van der Waals surface area contributed by atoms with Gasteiger partial charge < -0.3 is 25.8 Å². The van der Waals surface area contributed by atoms with Crippen LogP contribution in [-0.2, 0) is 19.1 Å². The van der Waals surface area contributed by atoms with Crippen LogP contribution < -0.4 is 26.2 Å². The van der Waals surface area contributed by atoms with Crippen molar-refractivity contribution in [3.8, 4) is 11.1 Å². The second kappa shape index (κ2) is 10.8. The maximum atomic E-state index is 15.0. The van der Waals surface area contributed by atoms with Crippen LogP contribution in [0.15, 0.2) is 36.4 Å². The van der Waals surface area contributed by atoms with E-state index in [1.807, 2.05) is 0 Å². The summed E-state index contributed by atoms with van der Waals surface area (Å²) in [6.07, 6.45) is -2.61. The molecule has 2 fully saturated rings. The normalized spacial score (nSPS) is 19.0. The number of hydrogen-bond acceptors (Lipinski definition) is 7. The Morgan fingerprint density at radius 1 is 0.892 bits per heavy atom. The molecule has 0 bridgehead atoms. The van der Waals surface area contributed by atoms with Crippen LogP contribution in [0.3, 0.4) is 0 Å². The smallest absolute Gasteiger partial charge is 0.414 e. The summed E-state index contributed by atoms with van der Waals surface area (Å²) in [4.78, 5) is 49.2. The molecule has 2 aliphatic rings. The number of carbonyl (C=O) groups excluding carboxylic acids is 4. The first-order chi connectivity index (χ1) is 17.7. The number of nitrogens with two attached hydrogens (primary N) is 1. The number of carbonyl (C=O) groups is 4. The molecule has 0 saturated carbocycles. The van der Waals surface area contributed by atoms with Crippen molar-refractivity contribution < 1.29 is 37.4 Å². The standard InChI is InChI=1S/C24H25F2N5O6/c1-13(32)28-9-16-11-30(23(34)36-16)14-2-4-18(20(25)6-14)19-5-3-15(7-21(19)26)31-12-17(37-24(31)35)10-29-22(33)8-27/h2-7,16-17H,8-12,27H2,1H3,(H,28,32)(H,29,33)/t16-,17+/m1/s1. The van der Waals surface area contributed by atoms with Gasteiger partial charge in [-0.05, 0) is 36.4 Å². The van der Waals surface area contributed by atoms with Crippen molar-refractivity contribution in [1.29, 1.82) is 0 Å². The van der Waals surface area contributed by atoms with Crippen molar-refractivity contribution in [2.45, 2.75) is 19.1 Å². The maximum Gasteiger partial charge on any atom is 0.414 e. The summed E-state index contributed by atoms with van der Waals surface area (Å²) in [6.45, 7) is 1.53. The fraction of sp³-hybridized carbons (Fsp3) is 0.333. The first-order valence-electron chi connectivity index (χ1n) is 11.4. The van der Waals surface area contributed by atoms with Crippen molar-refractivity contribution in [3.05, 3.63) is 48.0 Å². The number of amides is 4. The third kappa shape index (κ3) is 5.77. The number of halogens is 2. The highest BCUT2D eigenvalue weighted by atomic mass is 19.1. The Hall–Kier alpha value is -4.26. The molecular weight excluding hydrogens is 492 g/mol. The summed E-state index contributed by atoms with van der Waals surface area (Å²) in [5.74, 6) is -2.20. The summed E-state index contributed by atoms with van der Waals surface area (Å²) in [6, 6.07) is 7.80. The molecule has 4 rings (SSSR count). The first kappa shape index (κ1) is 25.8. The van der Waals surface area contributed by atoms with E-state index in [0.717, 1.165) is 12.1 Å². The molecule has 2 aliphatic heterocycles. The predicted molar refractivity (Wildman–Crippen MR) is 128 cm³/mol. The lowest BCUT2D eigenvalue weighted by Gasteiger charge is -2.16. The largest absolute Gasteiger partial charge is 0.442 e. The average molecular weight is 517 g/mol. The molecule has 0 unspecified atom stereocenters. The predicted octanol–water partition coefficient (Wildman–Crippen LogP) is 1.49. The fourth-order valence-electron chi connectivity index (χ4n) is 4.02. The lowest BCUT2D eigenvalue weighted by atomic mass is 10.0. The Balaban J connectivity index is 1.46. The summed E-state index contributed by atoms with van der Waals surface area (Å²) in [5.41, 5.74) is 5.58. The number of benzene rings is 2. The van der Waals surface area contributed by atoms with Gasteiger partial charge in [-0.3, -0.25) is 19.4 Å². The molecule has 0 aliphatic carbocycles. The lowest BCUT2D eigenvalue weighted by molar-refractivity contribution is -0.120. The summed E-state index contributed by atoms with van der Waals surface area (Å²) >= 11 is 0. The summed E-state index contributed by atoms with van der Waals surface area (Å²) in [5, 5.41) is 5.08. The molecule has 2 aromatic carbocycles. The van der Waals surface area contributed by atoms with Gasteiger partial charge in [-0.25, -0.2) is 18.4 Å². The second-order valence-corrected chi connectivity index (χ2v) is 8.51. The van der Waals surface area contributed by atoms with Crippen LogP contribution in [0.4, 0.5) is 29.7 Å². The lowest BCUT2D eigenvalue weighted by Crippen LogP contribution is -2.37. The zero-order valence-electron chi connectivity index (χ0n) is 19.8. The zero-order chi connectivity index (χ0) is 26.7. The minimum atomic E-state index is -0.771. The highest BCUT2D eigenvalue weighted by Gasteiger charge is 2.34. The SMILES string of the molecule is CC(=O)NC[C@@H]1CN(c2ccc(-c3ccc(N4C[C@H](CNC(=O)CN)OC4=O)cc3F)c(F)c2)C(=O)O1. The molecule has 196 valence electrons. The molecule has 4 amide bonds. The quantitative estimate of drug-likeness (QED) is 0.481. The molecule has 11 nitrogen and oxygen atoms in total. The Kier molecular flexibility index (Phi) is 7.53. The summed E-state index contributed by atoms with van der Waals surface area (Å²) in [7, 11) is 0. The van der Waals surface area contributed by atoms with E-state index in [4.69, 9.17) is 15.2 Å². The van der Waals surface area contributed by atoms with E-state index in [2.05, 4.69) is 10.6 Å². The minimum Gasteiger partial charge on any atom is -0.442 e. The van der Waals surface area contributed by atoms with Gasteiger partial charge in [0, 0.05) is 18.1 Å². The van der Waals surface area contributed by atoms with Crippen molar-refractivity contribution in [2.24, 2.45) is 5.73 Å². The number of ether oxygens (including phenoxy) is 2. The highest BCUT2D eigenvalue weighted by molar-refractivity contribution is 5.91.